The number of nitrogens with zero attached hydrogens (tertiary/aromatic N) is 3. The zero-order chi connectivity index (χ0) is 18.6. The van der Waals surface area contributed by atoms with Crippen molar-refractivity contribution in [1.82, 2.24) is 4.90 Å². The van der Waals surface area contributed by atoms with Crippen LogP contribution < -0.4 is 9.80 Å². The molecule has 0 radical (unpaired) electrons. The van der Waals surface area contributed by atoms with Crippen molar-refractivity contribution in [3.8, 4) is 6.07 Å². The SMILES string of the molecule is CN(C(=O)C[NH+]1CCN(c2cccc(Cl)c2)CC1)C1(C#N)CCCCC1. The number of halogens is 1. The van der Waals surface area contributed by atoms with Crippen LogP contribution in [0.15, 0.2) is 24.3 Å². The minimum absolute atomic E-state index is 0.0969. The summed E-state index contributed by atoms with van der Waals surface area (Å²) in [7, 11) is 1.82. The van der Waals surface area contributed by atoms with Crippen LogP contribution in [0.5, 0.6) is 0 Å². The summed E-state index contributed by atoms with van der Waals surface area (Å²) in [5.74, 6) is 0.0969. The number of rotatable bonds is 4. The molecular weight excluding hydrogens is 348 g/mol. The fraction of sp³-hybridized carbons (Fsp3) is 0.600. The molecule has 0 bridgehead atoms. The molecule has 1 heterocycles. The number of hydrogen-bond acceptors (Lipinski definition) is 3. The zero-order valence-electron chi connectivity index (χ0n) is 15.5. The Morgan fingerprint density at radius 3 is 2.62 bits per heavy atom. The van der Waals surface area contributed by atoms with E-state index in [1.165, 1.54) is 11.3 Å². The number of carbonyl (C=O) groups is 1. The average Bonchev–Trinajstić information content (AvgIpc) is 2.68. The predicted octanol–water partition coefficient (Wildman–Crippen LogP) is 1.73. The first-order chi connectivity index (χ1) is 12.5. The molecule has 2 fully saturated rings. The van der Waals surface area contributed by atoms with Gasteiger partial charge >= 0.3 is 0 Å². The van der Waals surface area contributed by atoms with E-state index in [2.05, 4.69) is 17.0 Å². The summed E-state index contributed by atoms with van der Waals surface area (Å²) < 4.78 is 0. The Balaban J connectivity index is 1.54. The van der Waals surface area contributed by atoms with Crippen LogP contribution in [0.2, 0.25) is 5.02 Å². The maximum atomic E-state index is 12.8. The third-order valence-electron chi connectivity index (χ3n) is 5.95. The van der Waals surface area contributed by atoms with Crippen LogP contribution in [0.1, 0.15) is 32.1 Å². The highest BCUT2D eigenvalue weighted by Gasteiger charge is 2.39. The molecule has 1 aliphatic carbocycles. The molecule has 1 aromatic carbocycles. The van der Waals surface area contributed by atoms with Gasteiger partial charge in [0, 0.05) is 17.8 Å². The number of nitriles is 1. The van der Waals surface area contributed by atoms with Gasteiger partial charge in [0.05, 0.1) is 32.2 Å². The van der Waals surface area contributed by atoms with Crippen molar-refractivity contribution in [3.05, 3.63) is 29.3 Å². The van der Waals surface area contributed by atoms with E-state index in [4.69, 9.17) is 11.6 Å². The molecule has 1 aromatic rings. The highest BCUT2D eigenvalue weighted by atomic mass is 35.5. The van der Waals surface area contributed by atoms with Gasteiger partial charge in [-0.15, -0.1) is 0 Å². The normalized spacial score (nSPS) is 20.4. The molecule has 26 heavy (non-hydrogen) atoms. The largest absolute Gasteiger partial charge is 0.360 e. The Morgan fingerprint density at radius 2 is 2.00 bits per heavy atom. The van der Waals surface area contributed by atoms with Crippen LogP contribution in [0.4, 0.5) is 5.69 Å². The van der Waals surface area contributed by atoms with Crippen molar-refractivity contribution < 1.29 is 9.69 Å². The number of carbonyl (C=O) groups excluding carboxylic acids is 1. The monoisotopic (exact) mass is 375 g/mol. The van der Waals surface area contributed by atoms with E-state index in [9.17, 15) is 10.1 Å². The number of amides is 1. The Hall–Kier alpha value is -1.77. The van der Waals surface area contributed by atoms with Crippen molar-refractivity contribution in [1.29, 1.82) is 5.26 Å². The van der Waals surface area contributed by atoms with Crippen molar-refractivity contribution in [2.45, 2.75) is 37.6 Å². The lowest BCUT2D eigenvalue weighted by Crippen LogP contribution is -3.16. The lowest BCUT2D eigenvalue weighted by molar-refractivity contribution is -0.892. The van der Waals surface area contributed by atoms with Gasteiger partial charge in [-0.05, 0) is 31.0 Å². The minimum Gasteiger partial charge on any atom is -0.360 e. The molecule has 3 rings (SSSR count). The maximum Gasteiger partial charge on any atom is 0.278 e. The quantitative estimate of drug-likeness (QED) is 0.872. The first-order valence-electron chi connectivity index (χ1n) is 9.56. The van der Waals surface area contributed by atoms with Crippen LogP contribution in [0.3, 0.4) is 0 Å². The van der Waals surface area contributed by atoms with Crippen LogP contribution >= 0.6 is 11.6 Å². The van der Waals surface area contributed by atoms with E-state index in [0.717, 1.165) is 62.6 Å². The van der Waals surface area contributed by atoms with Gasteiger partial charge in [-0.3, -0.25) is 4.79 Å². The van der Waals surface area contributed by atoms with Gasteiger partial charge in [-0.2, -0.15) is 5.26 Å². The highest BCUT2D eigenvalue weighted by Crippen LogP contribution is 2.32. The second-order valence-electron chi connectivity index (χ2n) is 7.55. The summed E-state index contributed by atoms with van der Waals surface area (Å²) in [6, 6.07) is 10.4. The number of anilines is 1. The van der Waals surface area contributed by atoms with Gasteiger partial charge in [-0.25, -0.2) is 0 Å². The first kappa shape index (κ1) is 19.0. The first-order valence-corrected chi connectivity index (χ1v) is 9.94. The van der Waals surface area contributed by atoms with Gasteiger partial charge in [0.15, 0.2) is 6.54 Å². The Bertz CT molecular complexity index is 673. The molecule has 1 saturated heterocycles. The lowest BCUT2D eigenvalue weighted by Gasteiger charge is -2.40. The van der Waals surface area contributed by atoms with Gasteiger partial charge in [-0.1, -0.05) is 36.9 Å². The van der Waals surface area contributed by atoms with E-state index in [-0.39, 0.29) is 5.91 Å². The number of quaternary nitrogens is 1. The average molecular weight is 376 g/mol. The summed E-state index contributed by atoms with van der Waals surface area (Å²) in [5, 5.41) is 10.4. The van der Waals surface area contributed by atoms with Crippen LogP contribution in [0, 0.1) is 11.3 Å². The summed E-state index contributed by atoms with van der Waals surface area (Å²) in [5.41, 5.74) is 0.558. The highest BCUT2D eigenvalue weighted by molar-refractivity contribution is 6.30. The van der Waals surface area contributed by atoms with Gasteiger partial charge < -0.3 is 14.7 Å². The molecule has 5 nitrogen and oxygen atoms in total. The minimum atomic E-state index is -0.586. The number of nitrogens with one attached hydrogen (secondary N) is 1. The van der Waals surface area contributed by atoms with E-state index in [1.807, 2.05) is 25.2 Å². The molecule has 0 aromatic heterocycles. The summed E-state index contributed by atoms with van der Waals surface area (Å²) in [6.07, 6.45) is 4.86. The maximum absolute atomic E-state index is 12.8. The Morgan fingerprint density at radius 1 is 1.31 bits per heavy atom. The predicted molar refractivity (Wildman–Crippen MR) is 103 cm³/mol. The van der Waals surface area contributed by atoms with E-state index < -0.39 is 5.54 Å². The molecule has 2 aliphatic rings. The van der Waals surface area contributed by atoms with E-state index >= 15 is 0 Å². The lowest BCUT2D eigenvalue weighted by atomic mass is 9.81. The molecule has 0 spiro atoms. The standard InChI is InChI=1S/C20H27ClN4O/c1-23(20(16-22)8-3-2-4-9-20)19(26)15-24-10-12-25(13-11-24)18-7-5-6-17(21)14-18/h5-7,14H,2-4,8-13,15H2,1H3/p+1. The van der Waals surface area contributed by atoms with Crippen LogP contribution in [-0.4, -0.2) is 56.1 Å². The second-order valence-corrected chi connectivity index (χ2v) is 7.99. The number of piperazine rings is 1. The smallest absolute Gasteiger partial charge is 0.278 e. The zero-order valence-corrected chi connectivity index (χ0v) is 16.3. The molecular formula is C20H28ClN4O+. The fourth-order valence-corrected chi connectivity index (χ4v) is 4.35. The molecule has 1 aliphatic heterocycles. The van der Waals surface area contributed by atoms with Crippen molar-refractivity contribution >= 4 is 23.2 Å². The van der Waals surface area contributed by atoms with E-state index in [0.29, 0.717) is 6.54 Å². The van der Waals surface area contributed by atoms with Crippen LogP contribution in [0.25, 0.3) is 0 Å². The number of hydrogen-bond donors (Lipinski definition) is 1. The van der Waals surface area contributed by atoms with Gasteiger partial charge in [0.2, 0.25) is 0 Å². The second kappa shape index (κ2) is 8.28. The van der Waals surface area contributed by atoms with Gasteiger partial charge in [0.25, 0.3) is 5.91 Å². The molecule has 6 heteroatoms. The van der Waals surface area contributed by atoms with Crippen molar-refractivity contribution in [2.24, 2.45) is 0 Å². The summed E-state index contributed by atoms with van der Waals surface area (Å²) in [4.78, 5) is 18.1. The van der Waals surface area contributed by atoms with Crippen molar-refractivity contribution in [3.63, 3.8) is 0 Å². The Kier molecular flexibility index (Phi) is 6.05. The molecule has 140 valence electrons. The topological polar surface area (TPSA) is 51.8 Å². The molecule has 1 N–H and O–H groups in total. The molecule has 0 atom stereocenters. The molecule has 1 amide bonds. The third kappa shape index (κ3) is 4.13. The number of likely N-dealkylation sites (N-methyl/N-ethyl adjacent to an activating group) is 1. The Labute approximate surface area is 161 Å². The summed E-state index contributed by atoms with van der Waals surface area (Å²) >= 11 is 6.09. The number of benzene rings is 1. The van der Waals surface area contributed by atoms with Crippen molar-refractivity contribution in [2.75, 3.05) is 44.7 Å². The molecule has 1 saturated carbocycles. The summed E-state index contributed by atoms with van der Waals surface area (Å²) in [6.45, 7) is 4.15. The van der Waals surface area contributed by atoms with E-state index in [1.54, 1.807) is 4.90 Å². The van der Waals surface area contributed by atoms with Crippen LogP contribution in [-0.2, 0) is 4.79 Å². The van der Waals surface area contributed by atoms with Gasteiger partial charge in [0.1, 0.15) is 5.54 Å². The molecule has 0 unspecified atom stereocenters. The third-order valence-corrected chi connectivity index (χ3v) is 6.19. The fourth-order valence-electron chi connectivity index (χ4n) is 4.16.